The van der Waals surface area contributed by atoms with Gasteiger partial charge in [-0.15, -0.1) is 0 Å². The largest absolute Gasteiger partial charge is 0.298 e. The third kappa shape index (κ3) is 2.13. The highest BCUT2D eigenvalue weighted by Gasteiger charge is 2.33. The zero-order valence-corrected chi connectivity index (χ0v) is 13.5. The fourth-order valence-corrected chi connectivity index (χ4v) is 5.26. The van der Waals surface area contributed by atoms with Crippen LogP contribution in [0.5, 0.6) is 0 Å². The molecule has 2 aromatic rings. The predicted octanol–water partition coefficient (Wildman–Crippen LogP) is 2.78. The van der Waals surface area contributed by atoms with Crippen LogP contribution in [0, 0.1) is 0 Å². The predicted molar refractivity (Wildman–Crippen MR) is 91.6 cm³/mol. The molecule has 1 fully saturated rings. The lowest BCUT2D eigenvalue weighted by molar-refractivity contribution is -0.123. The van der Waals surface area contributed by atoms with E-state index in [-0.39, 0.29) is 10.7 Å². The van der Waals surface area contributed by atoms with Crippen molar-refractivity contribution in [1.29, 1.82) is 0 Å². The Morgan fingerprint density at radius 1 is 0.909 bits per heavy atom. The van der Waals surface area contributed by atoms with Crippen molar-refractivity contribution in [2.75, 3.05) is 0 Å². The third-order valence-corrected chi connectivity index (χ3v) is 6.17. The highest BCUT2D eigenvalue weighted by atomic mass is 32.2. The highest BCUT2D eigenvalue weighted by molar-refractivity contribution is 8.25. The lowest BCUT2D eigenvalue weighted by Crippen LogP contribution is -2.51. The van der Waals surface area contributed by atoms with Crippen LogP contribution in [-0.4, -0.2) is 16.9 Å². The fourth-order valence-electron chi connectivity index (χ4n) is 2.38. The van der Waals surface area contributed by atoms with Gasteiger partial charge in [0.1, 0.15) is 5.57 Å². The maximum absolute atomic E-state index is 12.1. The first kappa shape index (κ1) is 13.8. The first-order valence-corrected chi connectivity index (χ1v) is 8.46. The summed E-state index contributed by atoms with van der Waals surface area (Å²) in [5.74, 6) is -0.887. The average Bonchev–Trinajstić information content (AvgIpc) is 2.90. The molecule has 2 aliphatic heterocycles. The molecule has 0 saturated carbocycles. The molecule has 2 heterocycles. The van der Waals surface area contributed by atoms with Crippen molar-refractivity contribution in [1.82, 2.24) is 10.6 Å². The van der Waals surface area contributed by atoms with Crippen molar-refractivity contribution in [2.24, 2.45) is 0 Å². The maximum Gasteiger partial charge on any atom is 0.264 e. The van der Waals surface area contributed by atoms with Gasteiger partial charge in [-0.25, -0.2) is 0 Å². The molecule has 4 nitrogen and oxygen atoms in total. The van der Waals surface area contributed by atoms with Crippen LogP contribution in [0.4, 0.5) is 0 Å². The molecule has 0 aliphatic carbocycles. The van der Waals surface area contributed by atoms with E-state index >= 15 is 0 Å². The fraction of sp³-hybridized carbons (Fsp3) is 0. The van der Waals surface area contributed by atoms with Gasteiger partial charge in [0.25, 0.3) is 11.8 Å². The van der Waals surface area contributed by atoms with E-state index in [2.05, 4.69) is 10.6 Å². The first-order valence-electron chi connectivity index (χ1n) is 6.42. The number of benzene rings is 2. The highest BCUT2D eigenvalue weighted by Crippen LogP contribution is 2.54. The van der Waals surface area contributed by atoms with Gasteiger partial charge in [-0.1, -0.05) is 53.9 Å². The van der Waals surface area contributed by atoms with Crippen molar-refractivity contribution < 1.29 is 9.59 Å². The van der Waals surface area contributed by atoms with Crippen molar-refractivity contribution in [3.63, 3.8) is 0 Å². The zero-order valence-electron chi connectivity index (χ0n) is 11.0. The summed E-state index contributed by atoms with van der Waals surface area (Å²) in [6.07, 6.45) is 0. The van der Waals surface area contributed by atoms with Crippen LogP contribution in [0.1, 0.15) is 0 Å². The number of hydrogen-bond acceptors (Lipinski definition) is 5. The van der Waals surface area contributed by atoms with Crippen molar-refractivity contribution >= 4 is 63.4 Å². The number of thioether (sulfide) groups is 2. The summed E-state index contributed by atoms with van der Waals surface area (Å²) in [7, 11) is 0. The second kappa shape index (κ2) is 5.12. The number of rotatable bonds is 0. The van der Waals surface area contributed by atoms with E-state index in [1.54, 1.807) is 0 Å². The standard InChI is InChI=1S/C15H8N2O2S3/c18-12-10(13(19)17-15(20)16-12)14-21-9-6-5-7-3-1-2-4-8(7)11(9)22-14/h1-6H,(H2,16,17,18,19,20). The maximum atomic E-state index is 12.1. The van der Waals surface area contributed by atoms with E-state index in [9.17, 15) is 9.59 Å². The second-order valence-corrected chi connectivity index (χ2v) is 7.46. The summed E-state index contributed by atoms with van der Waals surface area (Å²) in [5.41, 5.74) is 0.129. The Kier molecular flexibility index (Phi) is 3.21. The molecule has 2 amide bonds. The molecule has 4 rings (SSSR count). The van der Waals surface area contributed by atoms with Crippen LogP contribution >= 0.6 is 35.7 Å². The number of nitrogens with one attached hydrogen (secondary N) is 2. The van der Waals surface area contributed by atoms with Crippen molar-refractivity contribution in [2.45, 2.75) is 9.79 Å². The van der Waals surface area contributed by atoms with Gasteiger partial charge >= 0.3 is 0 Å². The molecule has 0 aromatic heterocycles. The van der Waals surface area contributed by atoms with Crippen molar-refractivity contribution in [3.05, 3.63) is 46.2 Å². The Morgan fingerprint density at radius 3 is 2.41 bits per heavy atom. The van der Waals surface area contributed by atoms with Crippen LogP contribution in [0.15, 0.2) is 56.0 Å². The summed E-state index contributed by atoms with van der Waals surface area (Å²) >= 11 is 7.72. The molecule has 2 aliphatic rings. The van der Waals surface area contributed by atoms with Gasteiger partial charge in [-0.05, 0) is 29.1 Å². The Balaban J connectivity index is 1.83. The van der Waals surface area contributed by atoms with Crippen LogP contribution in [0.25, 0.3) is 10.8 Å². The SMILES string of the molecule is O=C1NC(=S)NC(=O)C1=C1Sc2ccc3ccccc3c2S1. The van der Waals surface area contributed by atoms with E-state index in [4.69, 9.17) is 12.2 Å². The Labute approximate surface area is 139 Å². The van der Waals surface area contributed by atoms with E-state index in [0.29, 0.717) is 4.24 Å². The second-order valence-electron chi connectivity index (χ2n) is 4.72. The summed E-state index contributed by atoms with van der Waals surface area (Å²) < 4.78 is 0.684. The topological polar surface area (TPSA) is 58.2 Å². The average molecular weight is 344 g/mol. The van der Waals surface area contributed by atoms with E-state index < -0.39 is 11.8 Å². The summed E-state index contributed by atoms with van der Waals surface area (Å²) in [6.45, 7) is 0. The van der Waals surface area contributed by atoms with Gasteiger partial charge in [0.15, 0.2) is 5.11 Å². The van der Waals surface area contributed by atoms with Crippen LogP contribution in [-0.2, 0) is 9.59 Å². The third-order valence-electron chi connectivity index (χ3n) is 3.35. The number of hydrogen-bond donors (Lipinski definition) is 2. The van der Waals surface area contributed by atoms with Gasteiger partial charge in [0, 0.05) is 9.79 Å². The van der Waals surface area contributed by atoms with E-state index in [1.807, 2.05) is 36.4 Å². The number of fused-ring (bicyclic) bond motifs is 3. The Hall–Kier alpha value is -1.83. The quantitative estimate of drug-likeness (QED) is 0.437. The minimum absolute atomic E-state index is 0.0512. The molecule has 108 valence electrons. The van der Waals surface area contributed by atoms with Crippen LogP contribution < -0.4 is 10.6 Å². The van der Waals surface area contributed by atoms with Gasteiger partial charge in [-0.2, -0.15) is 0 Å². The summed E-state index contributed by atoms with van der Waals surface area (Å²) in [4.78, 5) is 26.3. The van der Waals surface area contributed by atoms with E-state index in [1.165, 1.54) is 23.5 Å². The molecule has 2 N–H and O–H groups in total. The molecular formula is C15H8N2O2S3. The monoisotopic (exact) mass is 344 g/mol. The minimum atomic E-state index is -0.444. The van der Waals surface area contributed by atoms with Crippen LogP contribution in [0.2, 0.25) is 0 Å². The molecular weight excluding hydrogens is 336 g/mol. The smallest absolute Gasteiger partial charge is 0.264 e. The van der Waals surface area contributed by atoms with Crippen molar-refractivity contribution in [3.8, 4) is 0 Å². The molecule has 0 radical (unpaired) electrons. The number of carbonyl (C=O) groups is 2. The molecule has 0 bridgehead atoms. The molecule has 0 unspecified atom stereocenters. The van der Waals surface area contributed by atoms with Gasteiger partial charge < -0.3 is 0 Å². The summed E-state index contributed by atoms with van der Waals surface area (Å²) in [6, 6.07) is 12.1. The lowest BCUT2D eigenvalue weighted by atomic mass is 10.1. The Bertz CT molecular complexity index is 883. The Morgan fingerprint density at radius 2 is 1.64 bits per heavy atom. The number of carbonyl (C=O) groups excluding carboxylic acids is 2. The van der Waals surface area contributed by atoms with Gasteiger partial charge in [0.05, 0.1) is 4.24 Å². The first-order chi connectivity index (χ1) is 10.6. The summed E-state index contributed by atoms with van der Waals surface area (Å²) in [5, 5.41) is 7.27. The molecule has 2 aromatic carbocycles. The molecule has 7 heteroatoms. The molecule has 0 spiro atoms. The number of thiocarbonyl (C=S) groups is 1. The van der Waals surface area contributed by atoms with Crippen LogP contribution in [0.3, 0.4) is 0 Å². The normalized spacial score (nSPS) is 17.5. The zero-order chi connectivity index (χ0) is 15.3. The molecule has 0 atom stereocenters. The molecule has 22 heavy (non-hydrogen) atoms. The number of amides is 2. The van der Waals surface area contributed by atoms with Gasteiger partial charge in [-0.3, -0.25) is 20.2 Å². The lowest BCUT2D eigenvalue weighted by Gasteiger charge is -2.17. The minimum Gasteiger partial charge on any atom is -0.298 e. The van der Waals surface area contributed by atoms with Gasteiger partial charge in [0.2, 0.25) is 0 Å². The molecule has 1 saturated heterocycles. The van der Waals surface area contributed by atoms with E-state index in [0.717, 1.165) is 20.6 Å².